The molecule has 1 aliphatic carbocycles. The third-order valence-electron chi connectivity index (χ3n) is 6.29. The van der Waals surface area contributed by atoms with Crippen LogP contribution in [0.4, 0.5) is 10.2 Å². The largest absolute Gasteiger partial charge is 0.357 e. The molecule has 0 radical (unpaired) electrons. The van der Waals surface area contributed by atoms with Crippen molar-refractivity contribution >= 4 is 11.8 Å². The Bertz CT molecular complexity index is 885. The summed E-state index contributed by atoms with van der Waals surface area (Å²) in [6.07, 6.45) is 4.07. The molecule has 0 unspecified atom stereocenters. The summed E-state index contributed by atoms with van der Waals surface area (Å²) >= 11 is 0. The van der Waals surface area contributed by atoms with Gasteiger partial charge in [-0.25, -0.2) is 14.4 Å². The molecule has 2 heterocycles. The highest BCUT2D eigenvalue weighted by Crippen LogP contribution is 2.47. The monoisotopic (exact) mass is 424 g/mol. The number of benzene rings is 1. The number of guanidine groups is 1. The van der Waals surface area contributed by atoms with E-state index in [4.69, 9.17) is 4.99 Å². The van der Waals surface area contributed by atoms with E-state index in [9.17, 15) is 4.39 Å². The number of nitrogens with one attached hydrogen (secondary N) is 2. The molecule has 31 heavy (non-hydrogen) atoms. The number of anilines is 1. The fourth-order valence-corrected chi connectivity index (χ4v) is 4.03. The van der Waals surface area contributed by atoms with Gasteiger partial charge in [-0.05, 0) is 56.1 Å². The molecule has 2 aliphatic rings. The smallest absolute Gasteiger partial charge is 0.191 e. The third kappa shape index (κ3) is 5.53. The molecule has 0 atom stereocenters. The minimum atomic E-state index is -0.170. The zero-order valence-electron chi connectivity index (χ0n) is 18.6. The van der Waals surface area contributed by atoms with Crippen LogP contribution >= 0.6 is 0 Å². The number of aliphatic imine (C=N–C) groups is 1. The van der Waals surface area contributed by atoms with Crippen molar-refractivity contribution in [2.45, 2.75) is 31.7 Å². The topological polar surface area (TPSA) is 55.8 Å². The summed E-state index contributed by atoms with van der Waals surface area (Å²) in [6.45, 7) is 8.35. The van der Waals surface area contributed by atoms with Crippen molar-refractivity contribution in [3.8, 4) is 0 Å². The van der Waals surface area contributed by atoms with Gasteiger partial charge in [-0.3, -0.25) is 0 Å². The van der Waals surface area contributed by atoms with Gasteiger partial charge in [0.15, 0.2) is 5.96 Å². The predicted octanol–water partition coefficient (Wildman–Crippen LogP) is 2.76. The molecule has 2 aromatic rings. The van der Waals surface area contributed by atoms with E-state index in [0.717, 1.165) is 75.0 Å². The minimum absolute atomic E-state index is 0.0179. The molecule has 1 saturated heterocycles. The summed E-state index contributed by atoms with van der Waals surface area (Å²) < 4.78 is 13.7. The van der Waals surface area contributed by atoms with Crippen LogP contribution in [-0.2, 0) is 12.0 Å². The molecule has 0 amide bonds. The molecule has 0 bridgehead atoms. The highest BCUT2D eigenvalue weighted by Gasteiger charge is 2.44. The number of halogens is 1. The minimum Gasteiger partial charge on any atom is -0.357 e. The number of hydrogen-bond acceptors (Lipinski definition) is 4. The summed E-state index contributed by atoms with van der Waals surface area (Å²) in [5.41, 5.74) is 2.17. The number of rotatable bonds is 7. The van der Waals surface area contributed by atoms with Gasteiger partial charge in [-0.1, -0.05) is 18.2 Å². The lowest BCUT2D eigenvalue weighted by atomic mass is 9.96. The zero-order chi connectivity index (χ0) is 21.7. The van der Waals surface area contributed by atoms with Crippen molar-refractivity contribution in [2.24, 2.45) is 4.99 Å². The zero-order valence-corrected chi connectivity index (χ0v) is 18.6. The van der Waals surface area contributed by atoms with Crippen LogP contribution in [0, 0.1) is 5.82 Å². The van der Waals surface area contributed by atoms with Crippen molar-refractivity contribution in [1.82, 2.24) is 20.5 Å². The molecule has 0 spiro atoms. The number of piperazine rings is 1. The lowest BCUT2D eigenvalue weighted by molar-refractivity contribution is 0.312. The van der Waals surface area contributed by atoms with Crippen LogP contribution in [0.15, 0.2) is 47.6 Å². The molecule has 2 N–H and O–H groups in total. The molecule has 1 aromatic heterocycles. The molecule has 6 nitrogen and oxygen atoms in total. The van der Waals surface area contributed by atoms with Crippen LogP contribution in [0.2, 0.25) is 0 Å². The first-order valence-corrected chi connectivity index (χ1v) is 11.2. The van der Waals surface area contributed by atoms with Gasteiger partial charge in [0.25, 0.3) is 0 Å². The van der Waals surface area contributed by atoms with Crippen molar-refractivity contribution in [1.29, 1.82) is 0 Å². The van der Waals surface area contributed by atoms with Gasteiger partial charge in [0, 0.05) is 50.9 Å². The Balaban J connectivity index is 1.34. The van der Waals surface area contributed by atoms with Gasteiger partial charge >= 0.3 is 0 Å². The van der Waals surface area contributed by atoms with Crippen LogP contribution in [0.5, 0.6) is 0 Å². The SMILES string of the molecule is CCNC(=NCc1ccc(N2CCN(C)CC2)nc1)NCC1(c2cccc(F)c2)CC1. The van der Waals surface area contributed by atoms with Gasteiger partial charge in [0.05, 0.1) is 6.54 Å². The Kier molecular flexibility index (Phi) is 6.70. The van der Waals surface area contributed by atoms with E-state index >= 15 is 0 Å². The first kappa shape index (κ1) is 21.6. The Hall–Kier alpha value is -2.67. The summed E-state index contributed by atoms with van der Waals surface area (Å²) in [6, 6.07) is 11.2. The van der Waals surface area contributed by atoms with Crippen molar-refractivity contribution < 1.29 is 4.39 Å². The van der Waals surface area contributed by atoms with E-state index in [0.29, 0.717) is 6.54 Å². The molecule has 1 aliphatic heterocycles. The number of pyridine rings is 1. The average molecular weight is 425 g/mol. The van der Waals surface area contributed by atoms with Crippen molar-refractivity contribution in [3.05, 3.63) is 59.5 Å². The van der Waals surface area contributed by atoms with E-state index in [-0.39, 0.29) is 11.2 Å². The highest BCUT2D eigenvalue weighted by molar-refractivity contribution is 5.80. The fourth-order valence-electron chi connectivity index (χ4n) is 4.03. The molecule has 4 rings (SSSR count). The van der Waals surface area contributed by atoms with Crippen LogP contribution in [-0.4, -0.2) is 62.2 Å². The second-order valence-electron chi connectivity index (χ2n) is 8.65. The predicted molar refractivity (Wildman–Crippen MR) is 124 cm³/mol. The Labute approximate surface area is 184 Å². The maximum atomic E-state index is 13.7. The second-order valence-corrected chi connectivity index (χ2v) is 8.65. The van der Waals surface area contributed by atoms with Crippen LogP contribution in [0.25, 0.3) is 0 Å². The van der Waals surface area contributed by atoms with E-state index < -0.39 is 0 Å². The molecule has 2 fully saturated rings. The molecular formula is C24H33FN6. The first-order valence-electron chi connectivity index (χ1n) is 11.2. The lowest BCUT2D eigenvalue weighted by Crippen LogP contribution is -2.44. The first-order chi connectivity index (χ1) is 15.1. The highest BCUT2D eigenvalue weighted by atomic mass is 19.1. The van der Waals surface area contributed by atoms with Gasteiger partial charge < -0.3 is 20.4 Å². The average Bonchev–Trinajstić information content (AvgIpc) is 3.58. The number of nitrogens with zero attached hydrogens (tertiary/aromatic N) is 4. The van der Waals surface area contributed by atoms with Crippen LogP contribution in [0.3, 0.4) is 0 Å². The van der Waals surface area contributed by atoms with Crippen molar-refractivity contribution in [3.63, 3.8) is 0 Å². The molecule has 7 heteroatoms. The van der Waals surface area contributed by atoms with Crippen LogP contribution < -0.4 is 15.5 Å². The standard InChI is InChI=1S/C24H33FN6/c1-3-26-23(29-18-24(9-10-24)20-5-4-6-21(25)15-20)28-17-19-7-8-22(27-16-19)31-13-11-30(2)12-14-31/h4-8,15-16H,3,9-14,17-18H2,1-2H3,(H2,26,28,29). The third-order valence-corrected chi connectivity index (χ3v) is 6.29. The van der Waals surface area contributed by atoms with Gasteiger partial charge in [0.1, 0.15) is 11.6 Å². The summed E-state index contributed by atoms with van der Waals surface area (Å²) in [5.74, 6) is 1.65. The van der Waals surface area contributed by atoms with E-state index in [1.807, 2.05) is 12.3 Å². The number of aromatic nitrogens is 1. The Morgan fingerprint density at radius 1 is 1.13 bits per heavy atom. The van der Waals surface area contributed by atoms with E-state index in [1.54, 1.807) is 12.1 Å². The Morgan fingerprint density at radius 3 is 2.58 bits per heavy atom. The lowest BCUT2D eigenvalue weighted by Gasteiger charge is -2.33. The van der Waals surface area contributed by atoms with Gasteiger partial charge in [-0.2, -0.15) is 0 Å². The second kappa shape index (κ2) is 9.64. The maximum Gasteiger partial charge on any atom is 0.191 e. The summed E-state index contributed by atoms with van der Waals surface area (Å²) in [5, 5.41) is 6.78. The molecule has 166 valence electrons. The number of hydrogen-bond donors (Lipinski definition) is 2. The van der Waals surface area contributed by atoms with Crippen LogP contribution in [0.1, 0.15) is 30.9 Å². The Morgan fingerprint density at radius 2 is 1.94 bits per heavy atom. The number of likely N-dealkylation sites (N-methyl/N-ethyl adjacent to an activating group) is 1. The van der Waals surface area contributed by atoms with E-state index in [2.05, 4.69) is 51.5 Å². The van der Waals surface area contributed by atoms with E-state index in [1.165, 1.54) is 6.07 Å². The quantitative estimate of drug-likeness (QED) is 0.529. The van der Waals surface area contributed by atoms with Crippen molar-refractivity contribution in [2.75, 3.05) is 51.2 Å². The summed E-state index contributed by atoms with van der Waals surface area (Å²) in [4.78, 5) is 14.1. The molecule has 1 saturated carbocycles. The maximum absolute atomic E-state index is 13.7. The van der Waals surface area contributed by atoms with Gasteiger partial charge in [-0.15, -0.1) is 0 Å². The fraction of sp³-hybridized carbons (Fsp3) is 0.500. The normalized spacial score (nSPS) is 18.7. The molecular weight excluding hydrogens is 391 g/mol. The van der Waals surface area contributed by atoms with Gasteiger partial charge in [0.2, 0.25) is 0 Å². The molecule has 1 aromatic carbocycles. The summed E-state index contributed by atoms with van der Waals surface area (Å²) in [7, 11) is 2.16.